The van der Waals surface area contributed by atoms with Crippen LogP contribution >= 0.6 is 0 Å². The minimum atomic E-state index is -0.262. The van der Waals surface area contributed by atoms with Gasteiger partial charge in [0, 0.05) is 26.2 Å². The summed E-state index contributed by atoms with van der Waals surface area (Å²) >= 11 is 0. The van der Waals surface area contributed by atoms with Gasteiger partial charge in [0.2, 0.25) is 17.8 Å². The van der Waals surface area contributed by atoms with E-state index < -0.39 is 0 Å². The first kappa shape index (κ1) is 26.8. The molecular weight excluding hydrogens is 419 g/mol. The van der Waals surface area contributed by atoms with Crippen molar-refractivity contribution >= 4 is 17.8 Å². The van der Waals surface area contributed by atoms with Gasteiger partial charge in [0.15, 0.2) is 0 Å². The zero-order valence-electron chi connectivity index (χ0n) is 21.1. The molecule has 1 aromatic carbocycles. The second-order valence-electron chi connectivity index (χ2n) is 10.2. The summed E-state index contributed by atoms with van der Waals surface area (Å²) in [7, 11) is 0. The van der Waals surface area contributed by atoms with Crippen LogP contribution in [-0.4, -0.2) is 40.2 Å². The third-order valence-electron chi connectivity index (χ3n) is 5.14. The third-order valence-corrected chi connectivity index (χ3v) is 5.14. The summed E-state index contributed by atoms with van der Waals surface area (Å²) < 4.78 is 19.6. The van der Waals surface area contributed by atoms with Crippen molar-refractivity contribution in [2.45, 2.75) is 79.4 Å². The fourth-order valence-electron chi connectivity index (χ4n) is 3.00. The maximum absolute atomic E-state index is 13.5. The maximum atomic E-state index is 13.5. The molecule has 0 aliphatic heterocycles. The Kier molecular flexibility index (Phi) is 10.3. The average Bonchev–Trinajstić information content (AvgIpc) is 2.71. The smallest absolute Gasteiger partial charge is 0.229 e. The fraction of sp³-hybridized carbons (Fsp3) is 0.640. The van der Waals surface area contributed by atoms with E-state index in [-0.39, 0.29) is 16.8 Å². The molecule has 0 saturated carbocycles. The average molecular weight is 461 g/mol. The third kappa shape index (κ3) is 11.3. The highest BCUT2D eigenvalue weighted by Gasteiger charge is 2.20. The van der Waals surface area contributed by atoms with E-state index in [2.05, 4.69) is 72.4 Å². The van der Waals surface area contributed by atoms with Gasteiger partial charge in [-0.3, -0.25) is 0 Å². The molecule has 184 valence electrons. The van der Waals surface area contributed by atoms with Gasteiger partial charge in [0.1, 0.15) is 5.82 Å². The van der Waals surface area contributed by atoms with E-state index in [4.69, 9.17) is 4.74 Å². The molecule has 8 heteroatoms. The normalized spacial score (nSPS) is 12.0. The molecule has 33 heavy (non-hydrogen) atoms. The first-order chi connectivity index (χ1) is 15.6. The summed E-state index contributed by atoms with van der Waals surface area (Å²) in [5.74, 6) is 1.19. The summed E-state index contributed by atoms with van der Waals surface area (Å²) in [6, 6.07) is 6.47. The number of nitrogens with zero attached hydrogens (tertiary/aromatic N) is 3. The number of ether oxygens (including phenoxy) is 1. The molecule has 1 heterocycles. The lowest BCUT2D eigenvalue weighted by molar-refractivity contribution is -0.0306. The molecule has 0 radical (unpaired) electrons. The summed E-state index contributed by atoms with van der Waals surface area (Å²) in [5, 5.41) is 9.73. The number of rotatable bonds is 14. The Labute approximate surface area is 198 Å². The van der Waals surface area contributed by atoms with Crippen LogP contribution in [0.2, 0.25) is 0 Å². The summed E-state index contributed by atoms with van der Waals surface area (Å²) in [6.07, 6.45) is 3.94. The summed E-state index contributed by atoms with van der Waals surface area (Å²) in [4.78, 5) is 13.5. The Hall–Kier alpha value is -2.48. The van der Waals surface area contributed by atoms with E-state index in [9.17, 15) is 4.39 Å². The van der Waals surface area contributed by atoms with E-state index in [1.807, 2.05) is 6.07 Å². The first-order valence-corrected chi connectivity index (χ1v) is 11.9. The van der Waals surface area contributed by atoms with Crippen LogP contribution in [0.15, 0.2) is 24.3 Å². The minimum Gasteiger partial charge on any atom is -0.375 e. The molecule has 0 aliphatic carbocycles. The van der Waals surface area contributed by atoms with Crippen LogP contribution in [0.5, 0.6) is 0 Å². The van der Waals surface area contributed by atoms with E-state index in [1.165, 1.54) is 12.1 Å². The van der Waals surface area contributed by atoms with Gasteiger partial charge in [0.05, 0.1) is 5.60 Å². The van der Waals surface area contributed by atoms with Crippen molar-refractivity contribution in [1.29, 1.82) is 0 Å². The molecule has 0 amide bonds. The minimum absolute atomic E-state index is 0.244. The second-order valence-corrected chi connectivity index (χ2v) is 10.2. The van der Waals surface area contributed by atoms with Crippen molar-refractivity contribution in [3.63, 3.8) is 0 Å². The number of anilines is 3. The number of nitrogens with one attached hydrogen (secondary N) is 3. The van der Waals surface area contributed by atoms with E-state index >= 15 is 0 Å². The Morgan fingerprint density at radius 2 is 1.52 bits per heavy atom. The highest BCUT2D eigenvalue weighted by molar-refractivity contribution is 5.42. The van der Waals surface area contributed by atoms with Gasteiger partial charge in [-0.05, 0) is 56.2 Å². The molecule has 2 rings (SSSR count). The van der Waals surface area contributed by atoms with Crippen LogP contribution in [0.4, 0.5) is 22.2 Å². The standard InChI is InChI=1S/C25H41FN6O/c1-7-8-14-27-21-30-22(28-15-12-25(5,6)33-16-13-24(2,3)4)32-23(31-21)29-18-19-10-9-11-20(26)17-19/h9-11,17H,7-8,12-16,18H2,1-6H3,(H3,27,28,29,30,31,32). The van der Waals surface area contributed by atoms with Crippen LogP contribution in [-0.2, 0) is 11.3 Å². The predicted molar refractivity (Wildman–Crippen MR) is 134 cm³/mol. The Morgan fingerprint density at radius 1 is 0.879 bits per heavy atom. The molecule has 0 spiro atoms. The second kappa shape index (κ2) is 12.7. The zero-order valence-corrected chi connectivity index (χ0v) is 21.1. The van der Waals surface area contributed by atoms with Crippen molar-refractivity contribution in [3.8, 4) is 0 Å². The van der Waals surface area contributed by atoms with Crippen LogP contribution in [0.25, 0.3) is 0 Å². The number of hydrogen-bond donors (Lipinski definition) is 3. The molecular formula is C25H41FN6O. The highest BCUT2D eigenvalue weighted by Crippen LogP contribution is 2.22. The highest BCUT2D eigenvalue weighted by atomic mass is 19.1. The Bertz CT molecular complexity index is 853. The molecule has 0 atom stereocenters. The van der Waals surface area contributed by atoms with Crippen molar-refractivity contribution < 1.29 is 9.13 Å². The topological polar surface area (TPSA) is 84.0 Å². The molecule has 0 saturated heterocycles. The van der Waals surface area contributed by atoms with Crippen LogP contribution in [0.1, 0.15) is 72.8 Å². The number of hydrogen-bond acceptors (Lipinski definition) is 7. The molecule has 0 fully saturated rings. The van der Waals surface area contributed by atoms with E-state index in [0.29, 0.717) is 30.9 Å². The summed E-state index contributed by atoms with van der Waals surface area (Å²) in [5.41, 5.74) is 0.834. The lowest BCUT2D eigenvalue weighted by Crippen LogP contribution is -2.29. The van der Waals surface area contributed by atoms with Crippen molar-refractivity contribution in [2.24, 2.45) is 5.41 Å². The molecule has 3 N–H and O–H groups in total. The van der Waals surface area contributed by atoms with Gasteiger partial charge in [0.25, 0.3) is 0 Å². The van der Waals surface area contributed by atoms with Gasteiger partial charge in [-0.15, -0.1) is 0 Å². The molecule has 2 aromatic rings. The molecule has 0 aliphatic rings. The van der Waals surface area contributed by atoms with Gasteiger partial charge >= 0.3 is 0 Å². The van der Waals surface area contributed by atoms with Crippen molar-refractivity contribution in [1.82, 2.24) is 15.0 Å². The number of aromatic nitrogens is 3. The Morgan fingerprint density at radius 3 is 2.12 bits per heavy atom. The molecule has 0 bridgehead atoms. The van der Waals surface area contributed by atoms with E-state index in [0.717, 1.165) is 44.4 Å². The first-order valence-electron chi connectivity index (χ1n) is 11.9. The van der Waals surface area contributed by atoms with E-state index in [1.54, 1.807) is 6.07 Å². The molecule has 0 unspecified atom stereocenters. The monoisotopic (exact) mass is 460 g/mol. The number of benzene rings is 1. The van der Waals surface area contributed by atoms with Gasteiger partial charge < -0.3 is 20.7 Å². The predicted octanol–water partition coefficient (Wildman–Crippen LogP) is 5.87. The Balaban J connectivity index is 1.97. The SMILES string of the molecule is CCCCNc1nc(NCCC(C)(C)OCCC(C)(C)C)nc(NCc2cccc(F)c2)n1. The van der Waals surface area contributed by atoms with Gasteiger partial charge in [-0.1, -0.05) is 46.2 Å². The van der Waals surface area contributed by atoms with Crippen LogP contribution < -0.4 is 16.0 Å². The van der Waals surface area contributed by atoms with Crippen LogP contribution in [0.3, 0.4) is 0 Å². The maximum Gasteiger partial charge on any atom is 0.229 e. The largest absolute Gasteiger partial charge is 0.375 e. The molecule has 1 aromatic heterocycles. The zero-order chi connectivity index (χ0) is 24.3. The quantitative estimate of drug-likeness (QED) is 0.304. The number of halogens is 1. The van der Waals surface area contributed by atoms with Crippen molar-refractivity contribution in [3.05, 3.63) is 35.6 Å². The van der Waals surface area contributed by atoms with Gasteiger partial charge in [-0.2, -0.15) is 15.0 Å². The van der Waals surface area contributed by atoms with Crippen molar-refractivity contribution in [2.75, 3.05) is 35.6 Å². The lowest BCUT2D eigenvalue weighted by atomic mass is 9.93. The summed E-state index contributed by atoms with van der Waals surface area (Å²) in [6.45, 7) is 15.6. The molecule has 7 nitrogen and oxygen atoms in total. The fourth-order valence-corrected chi connectivity index (χ4v) is 3.00. The van der Waals surface area contributed by atoms with Crippen LogP contribution in [0, 0.1) is 11.2 Å². The lowest BCUT2D eigenvalue weighted by Gasteiger charge is -2.28. The number of unbranched alkanes of at least 4 members (excludes halogenated alkanes) is 1. The van der Waals surface area contributed by atoms with Gasteiger partial charge in [-0.25, -0.2) is 4.39 Å².